The number of nitrogens with zero attached hydrogens (tertiary/aromatic N) is 1. The first kappa shape index (κ1) is 31.1. The molecule has 0 saturated carbocycles. The second kappa shape index (κ2) is 12.3. The second-order valence-corrected chi connectivity index (χ2v) is 14.5. The molecule has 0 fully saturated rings. The van der Waals surface area contributed by atoms with Crippen molar-refractivity contribution < 1.29 is 4.74 Å². The Morgan fingerprint density at radius 3 is 1.51 bits per heavy atom. The molecular formula is C51H37NO. The SMILES string of the molecule is CC1(C)c2cc(-c3ccccc3)ccc2-c2c1cc(-c1ccccc1)c1c2Oc2cc(-c3ccccc3)c(-c3ccccc3)cc2N1c1ccccc1. The lowest BCUT2D eigenvalue weighted by Crippen LogP contribution is -2.20. The molecule has 0 unspecified atom stereocenters. The van der Waals surface area contributed by atoms with Gasteiger partial charge in [-0.05, 0) is 92.0 Å². The zero-order valence-electron chi connectivity index (χ0n) is 29.8. The van der Waals surface area contributed by atoms with E-state index in [2.05, 4.69) is 207 Å². The number of hydrogen-bond acceptors (Lipinski definition) is 2. The molecule has 1 aliphatic heterocycles. The molecule has 0 N–H and O–H groups in total. The zero-order valence-corrected chi connectivity index (χ0v) is 29.8. The normalized spacial score (nSPS) is 13.4. The number of hydrogen-bond donors (Lipinski definition) is 0. The van der Waals surface area contributed by atoms with E-state index < -0.39 is 0 Å². The summed E-state index contributed by atoms with van der Waals surface area (Å²) < 4.78 is 7.41. The first-order chi connectivity index (χ1) is 26.1. The van der Waals surface area contributed by atoms with E-state index in [0.29, 0.717) is 0 Å². The monoisotopic (exact) mass is 679 g/mol. The lowest BCUT2D eigenvalue weighted by Gasteiger charge is -2.37. The fourth-order valence-corrected chi connectivity index (χ4v) is 8.42. The molecule has 0 amide bonds. The van der Waals surface area contributed by atoms with Gasteiger partial charge in [-0.1, -0.05) is 166 Å². The summed E-state index contributed by atoms with van der Waals surface area (Å²) in [5.74, 6) is 1.72. The highest BCUT2D eigenvalue weighted by Crippen LogP contribution is 2.63. The smallest absolute Gasteiger partial charge is 0.160 e. The van der Waals surface area contributed by atoms with Crippen molar-refractivity contribution in [2.75, 3.05) is 4.90 Å². The van der Waals surface area contributed by atoms with Gasteiger partial charge in [0.25, 0.3) is 0 Å². The van der Waals surface area contributed by atoms with Gasteiger partial charge in [0.05, 0.1) is 11.4 Å². The van der Waals surface area contributed by atoms with Gasteiger partial charge < -0.3 is 9.64 Å². The summed E-state index contributed by atoms with van der Waals surface area (Å²) in [6.45, 7) is 4.72. The van der Waals surface area contributed by atoms with Crippen molar-refractivity contribution in [3.63, 3.8) is 0 Å². The third-order valence-corrected chi connectivity index (χ3v) is 11.0. The van der Waals surface area contributed by atoms with E-state index in [4.69, 9.17) is 4.74 Å². The Balaban J connectivity index is 1.29. The van der Waals surface area contributed by atoms with Gasteiger partial charge in [-0.3, -0.25) is 0 Å². The fourth-order valence-electron chi connectivity index (χ4n) is 8.42. The number of para-hydroxylation sites is 1. The predicted molar refractivity (Wildman–Crippen MR) is 221 cm³/mol. The average Bonchev–Trinajstić information content (AvgIpc) is 3.46. The molecule has 10 rings (SSSR count). The van der Waals surface area contributed by atoms with Gasteiger partial charge >= 0.3 is 0 Å². The van der Waals surface area contributed by atoms with Gasteiger partial charge in [-0.15, -0.1) is 0 Å². The van der Waals surface area contributed by atoms with Crippen LogP contribution in [0, 0.1) is 0 Å². The van der Waals surface area contributed by atoms with Crippen LogP contribution in [0.25, 0.3) is 55.6 Å². The van der Waals surface area contributed by atoms with Gasteiger partial charge in [0.1, 0.15) is 0 Å². The van der Waals surface area contributed by atoms with Crippen molar-refractivity contribution in [2.24, 2.45) is 0 Å². The van der Waals surface area contributed by atoms with Crippen LogP contribution >= 0.6 is 0 Å². The molecule has 0 spiro atoms. The summed E-state index contributed by atoms with van der Waals surface area (Å²) in [7, 11) is 0. The molecule has 1 heterocycles. The molecule has 0 aromatic heterocycles. The Morgan fingerprint density at radius 1 is 0.415 bits per heavy atom. The molecular weight excluding hydrogens is 643 g/mol. The van der Waals surface area contributed by atoms with Crippen LogP contribution in [0.5, 0.6) is 11.5 Å². The van der Waals surface area contributed by atoms with Crippen LogP contribution in [0.2, 0.25) is 0 Å². The Hall–Kier alpha value is -6.64. The van der Waals surface area contributed by atoms with Gasteiger partial charge in [0, 0.05) is 22.2 Å². The molecule has 2 aliphatic rings. The molecule has 2 heteroatoms. The Kier molecular flexibility index (Phi) is 7.19. The zero-order chi connectivity index (χ0) is 35.5. The Bertz CT molecular complexity index is 2630. The number of ether oxygens (including phenoxy) is 1. The van der Waals surface area contributed by atoms with E-state index in [9.17, 15) is 0 Å². The summed E-state index contributed by atoms with van der Waals surface area (Å²) >= 11 is 0. The molecule has 0 radical (unpaired) electrons. The molecule has 8 aromatic rings. The van der Waals surface area contributed by atoms with E-state index in [1.165, 1.54) is 33.4 Å². The molecule has 8 aromatic carbocycles. The van der Waals surface area contributed by atoms with E-state index in [0.717, 1.165) is 61.9 Å². The Labute approximate surface area is 311 Å². The minimum Gasteiger partial charge on any atom is -0.452 e. The quantitative estimate of drug-likeness (QED) is 0.180. The highest BCUT2D eigenvalue weighted by molar-refractivity contribution is 6.04. The number of fused-ring (bicyclic) bond motifs is 6. The topological polar surface area (TPSA) is 12.5 Å². The van der Waals surface area contributed by atoms with E-state index >= 15 is 0 Å². The maximum Gasteiger partial charge on any atom is 0.160 e. The van der Waals surface area contributed by atoms with E-state index in [1.54, 1.807) is 0 Å². The van der Waals surface area contributed by atoms with Crippen molar-refractivity contribution in [1.29, 1.82) is 0 Å². The van der Waals surface area contributed by atoms with Crippen molar-refractivity contribution in [1.82, 2.24) is 0 Å². The Morgan fingerprint density at radius 2 is 0.925 bits per heavy atom. The van der Waals surface area contributed by atoms with Gasteiger partial charge in [0.15, 0.2) is 11.5 Å². The summed E-state index contributed by atoms with van der Waals surface area (Å²) in [5.41, 5.74) is 17.2. The lowest BCUT2D eigenvalue weighted by molar-refractivity contribution is 0.478. The van der Waals surface area contributed by atoms with Crippen LogP contribution < -0.4 is 9.64 Å². The first-order valence-electron chi connectivity index (χ1n) is 18.4. The van der Waals surface area contributed by atoms with Crippen LogP contribution in [-0.2, 0) is 5.41 Å². The average molecular weight is 680 g/mol. The summed E-state index contributed by atoms with van der Waals surface area (Å²) in [6.07, 6.45) is 0. The highest BCUT2D eigenvalue weighted by Gasteiger charge is 2.43. The van der Waals surface area contributed by atoms with Crippen molar-refractivity contribution in [3.05, 3.63) is 199 Å². The van der Waals surface area contributed by atoms with Gasteiger partial charge in [-0.25, -0.2) is 0 Å². The largest absolute Gasteiger partial charge is 0.452 e. The molecule has 2 nitrogen and oxygen atoms in total. The van der Waals surface area contributed by atoms with Crippen molar-refractivity contribution in [3.8, 4) is 67.1 Å². The third kappa shape index (κ3) is 5.02. The lowest BCUT2D eigenvalue weighted by atomic mass is 9.80. The van der Waals surface area contributed by atoms with Crippen molar-refractivity contribution >= 4 is 17.1 Å². The van der Waals surface area contributed by atoms with Gasteiger partial charge in [0.2, 0.25) is 0 Å². The van der Waals surface area contributed by atoms with Crippen LogP contribution in [0.1, 0.15) is 25.0 Å². The van der Waals surface area contributed by atoms with E-state index in [-0.39, 0.29) is 5.41 Å². The number of benzene rings is 8. The highest BCUT2D eigenvalue weighted by atomic mass is 16.5. The maximum atomic E-state index is 7.41. The summed E-state index contributed by atoms with van der Waals surface area (Å²) in [5, 5.41) is 0. The standard InChI is InChI=1S/C51H37NO/c1-51(2)44-30-38(34-18-8-3-9-19-34)28-29-40(44)48-45(51)31-43(37-24-14-6-15-25-37)49-50(48)53-47-33-42(36-22-12-5-13-23-36)41(35-20-10-4-11-21-35)32-46(47)52(49)39-26-16-7-17-27-39/h3-33H,1-2H3. The molecule has 252 valence electrons. The molecule has 0 atom stereocenters. The number of rotatable bonds is 5. The number of anilines is 3. The van der Waals surface area contributed by atoms with Crippen LogP contribution in [0.15, 0.2) is 188 Å². The minimum absolute atomic E-state index is 0.262. The first-order valence-corrected chi connectivity index (χ1v) is 18.4. The summed E-state index contributed by atoms with van der Waals surface area (Å²) in [4.78, 5) is 2.43. The minimum atomic E-state index is -0.262. The summed E-state index contributed by atoms with van der Waals surface area (Å²) in [6, 6.07) is 67.6. The molecule has 53 heavy (non-hydrogen) atoms. The maximum absolute atomic E-state index is 7.41. The van der Waals surface area contributed by atoms with E-state index in [1.807, 2.05) is 0 Å². The van der Waals surface area contributed by atoms with Gasteiger partial charge in [-0.2, -0.15) is 0 Å². The second-order valence-electron chi connectivity index (χ2n) is 14.5. The third-order valence-electron chi connectivity index (χ3n) is 11.0. The van der Waals surface area contributed by atoms with Crippen LogP contribution in [0.4, 0.5) is 17.1 Å². The van der Waals surface area contributed by atoms with Crippen LogP contribution in [-0.4, -0.2) is 0 Å². The van der Waals surface area contributed by atoms with Crippen molar-refractivity contribution in [2.45, 2.75) is 19.3 Å². The molecule has 0 bridgehead atoms. The van der Waals surface area contributed by atoms with Crippen LogP contribution in [0.3, 0.4) is 0 Å². The fraction of sp³-hybridized carbons (Fsp3) is 0.0588. The molecule has 0 saturated heterocycles. The predicted octanol–water partition coefficient (Wildman–Crippen LogP) is 14.2. The molecule has 1 aliphatic carbocycles.